The van der Waals surface area contributed by atoms with Crippen molar-refractivity contribution in [3.63, 3.8) is 0 Å². The number of imidazole rings is 1. The molecule has 0 saturated carbocycles. The first kappa shape index (κ1) is 22.1. The minimum Gasteiger partial charge on any atom is -0.443 e. The van der Waals surface area contributed by atoms with E-state index in [4.69, 9.17) is 9.47 Å². The van der Waals surface area contributed by atoms with Gasteiger partial charge in [-0.1, -0.05) is 18.2 Å². The van der Waals surface area contributed by atoms with Crippen LogP contribution in [0.15, 0.2) is 48.5 Å². The maximum Gasteiger partial charge on any atom is 0.421 e. The molecular formula is C23H28N4O4. The van der Waals surface area contributed by atoms with Crippen LogP contribution in [0, 0.1) is 0 Å². The van der Waals surface area contributed by atoms with Crippen LogP contribution in [0.5, 0.6) is 5.75 Å². The minimum atomic E-state index is -0.670. The van der Waals surface area contributed by atoms with E-state index in [-0.39, 0.29) is 6.04 Å². The molecule has 0 atom stereocenters. The molecule has 1 amide bonds. The summed E-state index contributed by atoms with van der Waals surface area (Å²) in [6.45, 7) is 9.43. The number of hydrogen-bond acceptors (Lipinski definition) is 6. The summed E-state index contributed by atoms with van der Waals surface area (Å²) in [6.07, 6.45) is -1.17. The normalized spacial score (nSPS) is 11.5. The number of aromatic nitrogens is 2. The third kappa shape index (κ3) is 5.33. The Morgan fingerprint density at radius 3 is 2.39 bits per heavy atom. The van der Waals surface area contributed by atoms with E-state index in [0.717, 1.165) is 0 Å². The third-order valence-electron chi connectivity index (χ3n) is 4.50. The molecule has 164 valence electrons. The number of anilines is 2. The Kier molecular flexibility index (Phi) is 6.19. The van der Waals surface area contributed by atoms with Crippen molar-refractivity contribution in [1.82, 2.24) is 9.55 Å². The molecule has 0 radical (unpaired) electrons. The molecule has 0 spiro atoms. The highest BCUT2D eigenvalue weighted by Crippen LogP contribution is 2.27. The lowest BCUT2D eigenvalue weighted by molar-refractivity contribution is 0.0545. The van der Waals surface area contributed by atoms with E-state index in [2.05, 4.69) is 10.3 Å². The molecule has 1 aromatic heterocycles. The molecular weight excluding hydrogens is 396 g/mol. The van der Waals surface area contributed by atoms with Gasteiger partial charge in [-0.15, -0.1) is 0 Å². The quantitative estimate of drug-likeness (QED) is 0.614. The Morgan fingerprint density at radius 1 is 1.10 bits per heavy atom. The van der Waals surface area contributed by atoms with E-state index in [9.17, 15) is 9.59 Å². The number of nitrogens with one attached hydrogen (secondary N) is 1. The van der Waals surface area contributed by atoms with Crippen LogP contribution < -0.4 is 15.0 Å². The molecule has 0 aliphatic carbocycles. The van der Waals surface area contributed by atoms with Crippen molar-refractivity contribution in [3.8, 4) is 5.75 Å². The maximum atomic E-state index is 13.0. The Labute approximate surface area is 181 Å². The van der Waals surface area contributed by atoms with Gasteiger partial charge in [-0.05, 0) is 65.0 Å². The molecule has 1 heterocycles. The second-order valence-electron chi connectivity index (χ2n) is 8.46. The molecule has 0 saturated heterocycles. The Hall–Kier alpha value is -3.55. The van der Waals surface area contributed by atoms with Gasteiger partial charge in [0.2, 0.25) is 5.95 Å². The fourth-order valence-electron chi connectivity index (χ4n) is 2.83. The summed E-state index contributed by atoms with van der Waals surface area (Å²) < 4.78 is 12.3. The van der Waals surface area contributed by atoms with Crippen LogP contribution in [-0.4, -0.2) is 40.4 Å². The average molecular weight is 425 g/mol. The standard InChI is InChI=1S/C23H28N4O4/c1-15(2)26(6)20-25-18-13-12-16(24-21(28)30-17-10-8-7-9-11-17)14-19(18)27(20)22(29)31-23(3,4)5/h7-15H,1-6H3,(H,24,28). The highest BCUT2D eigenvalue weighted by atomic mass is 16.6. The molecule has 1 N–H and O–H groups in total. The van der Waals surface area contributed by atoms with Gasteiger partial charge in [-0.2, -0.15) is 0 Å². The number of nitrogens with zero attached hydrogens (tertiary/aromatic N) is 3. The van der Waals surface area contributed by atoms with Crippen molar-refractivity contribution >= 4 is 34.9 Å². The molecule has 3 rings (SSSR count). The largest absolute Gasteiger partial charge is 0.443 e. The minimum absolute atomic E-state index is 0.108. The maximum absolute atomic E-state index is 13.0. The van der Waals surface area contributed by atoms with Crippen molar-refractivity contribution in [2.75, 3.05) is 17.3 Å². The summed E-state index contributed by atoms with van der Waals surface area (Å²) in [5.74, 6) is 0.893. The van der Waals surface area contributed by atoms with Gasteiger partial charge in [-0.25, -0.2) is 19.1 Å². The Balaban J connectivity index is 1.97. The second kappa shape index (κ2) is 8.67. The number of ether oxygens (including phenoxy) is 2. The second-order valence-corrected chi connectivity index (χ2v) is 8.46. The predicted octanol–water partition coefficient (Wildman–Crippen LogP) is 5.28. The van der Waals surface area contributed by atoms with Gasteiger partial charge >= 0.3 is 12.2 Å². The number of carbonyl (C=O) groups is 2. The van der Waals surface area contributed by atoms with E-state index >= 15 is 0 Å². The monoisotopic (exact) mass is 424 g/mol. The molecule has 8 nitrogen and oxygen atoms in total. The lowest BCUT2D eigenvalue weighted by Gasteiger charge is -2.25. The van der Waals surface area contributed by atoms with Gasteiger partial charge in [0.05, 0.1) is 11.0 Å². The molecule has 8 heteroatoms. The van der Waals surface area contributed by atoms with Gasteiger partial charge in [0.15, 0.2) is 0 Å². The molecule has 0 fully saturated rings. The van der Waals surface area contributed by atoms with E-state index in [1.807, 2.05) is 52.6 Å². The summed E-state index contributed by atoms with van der Waals surface area (Å²) in [4.78, 5) is 31.8. The van der Waals surface area contributed by atoms with Crippen LogP contribution >= 0.6 is 0 Å². The van der Waals surface area contributed by atoms with Crippen molar-refractivity contribution in [2.45, 2.75) is 46.3 Å². The van der Waals surface area contributed by atoms with Crippen LogP contribution in [0.4, 0.5) is 21.2 Å². The summed E-state index contributed by atoms with van der Waals surface area (Å²) >= 11 is 0. The highest BCUT2D eigenvalue weighted by Gasteiger charge is 2.26. The lowest BCUT2D eigenvalue weighted by Crippen LogP contribution is -2.33. The summed E-state index contributed by atoms with van der Waals surface area (Å²) in [5, 5.41) is 2.69. The van der Waals surface area contributed by atoms with Crippen LogP contribution in [-0.2, 0) is 4.74 Å². The van der Waals surface area contributed by atoms with Gasteiger partial charge in [0.1, 0.15) is 11.4 Å². The molecule has 3 aromatic rings. The summed E-state index contributed by atoms with van der Waals surface area (Å²) in [5.41, 5.74) is 0.929. The Bertz CT molecular complexity index is 1080. The first-order chi connectivity index (χ1) is 14.5. The summed E-state index contributed by atoms with van der Waals surface area (Å²) in [7, 11) is 1.86. The van der Waals surface area contributed by atoms with E-state index in [0.29, 0.717) is 28.4 Å². The van der Waals surface area contributed by atoms with Gasteiger partial charge in [0.25, 0.3) is 0 Å². The smallest absolute Gasteiger partial charge is 0.421 e. The van der Waals surface area contributed by atoms with Crippen molar-refractivity contribution in [1.29, 1.82) is 0 Å². The number of benzene rings is 2. The highest BCUT2D eigenvalue weighted by molar-refractivity contribution is 5.95. The topological polar surface area (TPSA) is 85.7 Å². The first-order valence-corrected chi connectivity index (χ1v) is 10.1. The zero-order valence-electron chi connectivity index (χ0n) is 18.7. The van der Waals surface area contributed by atoms with Gasteiger partial charge in [0, 0.05) is 18.8 Å². The van der Waals surface area contributed by atoms with Crippen LogP contribution in [0.3, 0.4) is 0 Å². The SMILES string of the molecule is CC(C)N(C)c1nc2ccc(NC(=O)Oc3ccccc3)cc2n1C(=O)OC(C)(C)C. The molecule has 0 bridgehead atoms. The van der Waals surface area contributed by atoms with Gasteiger partial charge in [-0.3, -0.25) is 5.32 Å². The molecule has 0 aliphatic rings. The summed E-state index contributed by atoms with van der Waals surface area (Å²) in [6, 6.07) is 14.0. The zero-order chi connectivity index (χ0) is 22.8. The fraction of sp³-hybridized carbons (Fsp3) is 0.348. The van der Waals surface area contributed by atoms with E-state index in [1.165, 1.54) is 4.57 Å². The molecule has 2 aromatic carbocycles. The van der Waals surface area contributed by atoms with Crippen LogP contribution in [0.2, 0.25) is 0 Å². The number of fused-ring (bicyclic) bond motifs is 1. The van der Waals surface area contributed by atoms with Gasteiger partial charge < -0.3 is 14.4 Å². The first-order valence-electron chi connectivity index (χ1n) is 10.1. The molecule has 31 heavy (non-hydrogen) atoms. The average Bonchev–Trinajstić information content (AvgIpc) is 3.05. The number of carbonyl (C=O) groups excluding carboxylic acids is 2. The lowest BCUT2D eigenvalue weighted by atomic mass is 10.2. The van der Waals surface area contributed by atoms with E-state index in [1.54, 1.807) is 42.5 Å². The fourth-order valence-corrected chi connectivity index (χ4v) is 2.83. The third-order valence-corrected chi connectivity index (χ3v) is 4.50. The van der Waals surface area contributed by atoms with Crippen molar-refractivity contribution < 1.29 is 19.1 Å². The number of amides is 1. The number of para-hydroxylation sites is 1. The molecule has 0 aliphatic heterocycles. The number of hydrogen-bond donors (Lipinski definition) is 1. The Morgan fingerprint density at radius 2 is 1.77 bits per heavy atom. The van der Waals surface area contributed by atoms with Crippen molar-refractivity contribution in [3.05, 3.63) is 48.5 Å². The zero-order valence-corrected chi connectivity index (χ0v) is 18.7. The number of rotatable bonds is 4. The van der Waals surface area contributed by atoms with Crippen LogP contribution in [0.1, 0.15) is 34.6 Å². The van der Waals surface area contributed by atoms with Crippen LogP contribution in [0.25, 0.3) is 11.0 Å². The molecule has 0 unspecified atom stereocenters. The van der Waals surface area contributed by atoms with E-state index < -0.39 is 17.8 Å². The van der Waals surface area contributed by atoms with Crippen molar-refractivity contribution in [2.24, 2.45) is 0 Å². The predicted molar refractivity (Wildman–Crippen MR) is 121 cm³/mol.